The summed E-state index contributed by atoms with van der Waals surface area (Å²) in [4.78, 5) is 7.03. The summed E-state index contributed by atoms with van der Waals surface area (Å²) in [6.07, 6.45) is 8.65. The van der Waals surface area contributed by atoms with Gasteiger partial charge in [0.2, 0.25) is 0 Å². The van der Waals surface area contributed by atoms with Crippen LogP contribution in [-0.2, 0) is 0 Å². The van der Waals surface area contributed by atoms with Crippen LogP contribution in [-0.4, -0.2) is 44.5 Å². The van der Waals surface area contributed by atoms with Crippen LogP contribution in [0.1, 0.15) is 74.0 Å². The van der Waals surface area contributed by atoms with E-state index in [1.54, 1.807) is 35.3 Å². The largest absolute Gasteiger partial charge is 0.377 e. The van der Waals surface area contributed by atoms with E-state index in [1.165, 1.54) is 25.0 Å². The Balaban J connectivity index is 1.29. The van der Waals surface area contributed by atoms with Crippen molar-refractivity contribution in [2.75, 3.05) is 30.3 Å². The lowest BCUT2D eigenvalue weighted by Crippen LogP contribution is -2.24. The predicted octanol–water partition coefficient (Wildman–Crippen LogP) is 7.67. The van der Waals surface area contributed by atoms with Crippen LogP contribution in [0.2, 0.25) is 5.02 Å². The second kappa shape index (κ2) is 12.8. The Morgan fingerprint density at radius 1 is 1.04 bits per heavy atom. The van der Waals surface area contributed by atoms with E-state index in [-0.39, 0.29) is 12.1 Å². The van der Waals surface area contributed by atoms with Gasteiger partial charge < -0.3 is 15.5 Å². The number of hydrogen-bond donors (Lipinski definition) is 2. The summed E-state index contributed by atoms with van der Waals surface area (Å²) >= 11 is 6.86. The van der Waals surface area contributed by atoms with Gasteiger partial charge in [-0.1, -0.05) is 59.3 Å². The lowest BCUT2D eigenvalue weighted by atomic mass is 10.0. The number of fused-ring (bicyclic) bond motifs is 1. The van der Waals surface area contributed by atoms with Crippen molar-refractivity contribution in [3.8, 4) is 6.07 Å². The highest BCUT2D eigenvalue weighted by Gasteiger charge is 2.27. The molecule has 1 aliphatic heterocycles. The highest BCUT2D eigenvalue weighted by atomic mass is 35.5. The summed E-state index contributed by atoms with van der Waals surface area (Å²) in [7, 11) is 0. The molecule has 0 bridgehead atoms. The van der Waals surface area contributed by atoms with Gasteiger partial charge in [0.15, 0.2) is 0 Å². The lowest BCUT2D eigenvalue weighted by Gasteiger charge is -2.25. The number of benzene rings is 3. The Labute approximate surface area is 268 Å². The van der Waals surface area contributed by atoms with Crippen LogP contribution in [0.25, 0.3) is 10.9 Å². The molecule has 2 fully saturated rings. The molecule has 2 aliphatic rings. The van der Waals surface area contributed by atoms with Gasteiger partial charge in [-0.25, -0.2) is 9.07 Å². The Morgan fingerprint density at radius 3 is 2.56 bits per heavy atom. The Hall–Kier alpha value is -4.52. The molecule has 1 aliphatic carbocycles. The van der Waals surface area contributed by atoms with E-state index in [0.29, 0.717) is 44.1 Å². The molecule has 1 saturated heterocycles. The van der Waals surface area contributed by atoms with Crippen molar-refractivity contribution in [1.29, 1.82) is 5.26 Å². The van der Waals surface area contributed by atoms with Crippen molar-refractivity contribution in [2.45, 2.75) is 50.2 Å². The van der Waals surface area contributed by atoms with Crippen LogP contribution < -0.4 is 10.6 Å². The highest BCUT2D eigenvalue weighted by Crippen LogP contribution is 2.38. The standard InChI is InChI=1S/C35H34ClFN8/c36-30-19-27(40-34(24-8-10-26(37)11-9-24)32-22-45(43-42-32)28-12-13-28)18-29-33(25(20-38)21-39-35(29)30)41-31(23-6-2-1-3-7-23)14-17-44-15-4-5-16-44/h1-3,6-11,18-19,21-22,28,31,34,40H,4-5,12-17H2,(H,39,41)/t31-,34+/m1/s1/i34D. The van der Waals surface area contributed by atoms with E-state index >= 15 is 0 Å². The molecule has 10 heteroatoms. The number of pyridine rings is 1. The number of anilines is 2. The zero-order valence-electron chi connectivity index (χ0n) is 25.8. The molecular formula is C35H34ClFN8. The predicted molar refractivity (Wildman–Crippen MR) is 175 cm³/mol. The number of nitrogens with zero attached hydrogens (tertiary/aromatic N) is 6. The third kappa shape index (κ3) is 6.48. The van der Waals surface area contributed by atoms with Crippen LogP contribution >= 0.6 is 11.6 Å². The molecule has 3 aromatic carbocycles. The molecule has 7 rings (SSSR count). The smallest absolute Gasteiger partial charge is 0.123 e. The third-order valence-corrected chi connectivity index (χ3v) is 8.88. The molecule has 0 unspecified atom stereocenters. The van der Waals surface area contributed by atoms with Crippen molar-refractivity contribution in [3.05, 3.63) is 112 Å². The summed E-state index contributed by atoms with van der Waals surface area (Å²) in [6, 6.07) is 20.5. The topological polar surface area (TPSA) is 94.7 Å². The number of halogens is 2. The molecule has 0 spiro atoms. The maximum Gasteiger partial charge on any atom is 0.123 e. The van der Waals surface area contributed by atoms with Gasteiger partial charge in [-0.2, -0.15) is 5.26 Å². The molecule has 8 nitrogen and oxygen atoms in total. The molecule has 2 atom stereocenters. The van der Waals surface area contributed by atoms with Gasteiger partial charge in [0.1, 0.15) is 17.6 Å². The van der Waals surface area contributed by atoms with Crippen molar-refractivity contribution in [1.82, 2.24) is 24.9 Å². The normalized spacial score (nSPS) is 17.4. The molecule has 45 heavy (non-hydrogen) atoms. The first-order valence-corrected chi connectivity index (χ1v) is 15.8. The van der Waals surface area contributed by atoms with Gasteiger partial charge in [0.25, 0.3) is 0 Å². The van der Waals surface area contributed by atoms with E-state index in [9.17, 15) is 11.0 Å². The van der Waals surface area contributed by atoms with Crippen LogP contribution in [0.3, 0.4) is 0 Å². The first kappa shape index (κ1) is 28.0. The average molecular weight is 622 g/mol. The fourth-order valence-electron chi connectivity index (χ4n) is 6.03. The number of likely N-dealkylation sites (tertiary alicyclic amines) is 1. The summed E-state index contributed by atoms with van der Waals surface area (Å²) in [6.45, 7) is 3.14. The molecule has 228 valence electrons. The van der Waals surface area contributed by atoms with Gasteiger partial charge in [0.05, 0.1) is 47.5 Å². The zero-order valence-corrected chi connectivity index (χ0v) is 25.5. The van der Waals surface area contributed by atoms with Crippen molar-refractivity contribution < 1.29 is 5.76 Å². The van der Waals surface area contributed by atoms with Crippen LogP contribution in [0, 0.1) is 17.1 Å². The molecule has 5 aromatic rings. The van der Waals surface area contributed by atoms with E-state index in [4.69, 9.17) is 11.6 Å². The van der Waals surface area contributed by atoms with Crippen LogP contribution in [0.5, 0.6) is 0 Å². The number of rotatable bonds is 11. The second-order valence-corrected chi connectivity index (χ2v) is 12.2. The van der Waals surface area contributed by atoms with E-state index < -0.39 is 11.8 Å². The highest BCUT2D eigenvalue weighted by molar-refractivity contribution is 6.35. The van der Waals surface area contributed by atoms with Crippen molar-refractivity contribution >= 4 is 33.9 Å². The van der Waals surface area contributed by atoms with E-state index in [0.717, 1.165) is 44.5 Å². The number of hydrogen-bond acceptors (Lipinski definition) is 7. The van der Waals surface area contributed by atoms with Crippen LogP contribution in [0.4, 0.5) is 15.8 Å². The minimum atomic E-state index is -1.62. The summed E-state index contributed by atoms with van der Waals surface area (Å²) < 4.78 is 25.4. The third-order valence-electron chi connectivity index (χ3n) is 8.59. The quantitative estimate of drug-likeness (QED) is 0.156. The van der Waals surface area contributed by atoms with Crippen molar-refractivity contribution in [3.63, 3.8) is 0 Å². The first-order valence-electron chi connectivity index (χ1n) is 15.9. The molecule has 2 aromatic heterocycles. The van der Waals surface area contributed by atoms with Gasteiger partial charge >= 0.3 is 0 Å². The van der Waals surface area contributed by atoms with Crippen LogP contribution in [0.15, 0.2) is 79.1 Å². The van der Waals surface area contributed by atoms with Crippen molar-refractivity contribution in [2.24, 2.45) is 0 Å². The molecule has 3 heterocycles. The minimum Gasteiger partial charge on any atom is -0.377 e. The average Bonchev–Trinajstić information content (AvgIpc) is 3.54. The second-order valence-electron chi connectivity index (χ2n) is 11.8. The fraction of sp³-hybridized carbons (Fsp3) is 0.314. The molecule has 0 radical (unpaired) electrons. The number of nitrogens with one attached hydrogen (secondary N) is 2. The summed E-state index contributed by atoms with van der Waals surface area (Å²) in [5, 5.41) is 26.9. The SMILES string of the molecule is [2H][C@](Nc1cc(Cl)c2ncc(C#N)c(N[C@H](CCN3CCCC3)c3ccccc3)c2c1)(c1ccc(F)cc1)c1cn(C2CC2)nn1. The number of nitriles is 1. The molecule has 0 amide bonds. The van der Waals surface area contributed by atoms with E-state index in [1.807, 2.05) is 24.3 Å². The maximum atomic E-state index is 14.0. The monoisotopic (exact) mass is 621 g/mol. The van der Waals surface area contributed by atoms with Gasteiger partial charge in [0, 0.05) is 23.8 Å². The Bertz CT molecular complexity index is 1880. The van der Waals surface area contributed by atoms with Gasteiger partial charge in [-0.3, -0.25) is 4.98 Å². The Kier molecular flexibility index (Phi) is 7.98. The van der Waals surface area contributed by atoms with E-state index in [2.05, 4.69) is 49.0 Å². The van der Waals surface area contributed by atoms with Gasteiger partial charge in [-0.05, 0) is 80.6 Å². The number of aromatic nitrogens is 4. The maximum absolute atomic E-state index is 14.0. The molecule has 2 N–H and O–H groups in total. The fourth-order valence-corrected chi connectivity index (χ4v) is 6.29. The minimum absolute atomic E-state index is 0.0677. The zero-order chi connectivity index (χ0) is 31.7. The lowest BCUT2D eigenvalue weighted by molar-refractivity contribution is 0.326. The summed E-state index contributed by atoms with van der Waals surface area (Å²) in [5.74, 6) is -0.398. The first-order chi connectivity index (χ1) is 22.4. The molecule has 1 saturated carbocycles. The Morgan fingerprint density at radius 2 is 1.82 bits per heavy atom. The molecular weight excluding hydrogens is 587 g/mol. The summed E-state index contributed by atoms with van der Waals surface area (Å²) in [5.41, 5.74) is 4.06. The van der Waals surface area contributed by atoms with Gasteiger partial charge in [-0.15, -0.1) is 5.10 Å².